The molecule has 106 valence electrons. The highest BCUT2D eigenvalue weighted by Gasteiger charge is 2.09. The normalized spacial score (nSPS) is 10.8. The van der Waals surface area contributed by atoms with Crippen molar-refractivity contribution in [3.63, 3.8) is 0 Å². The minimum absolute atomic E-state index is 0.542. The Kier molecular flexibility index (Phi) is 4.82. The molecule has 0 saturated heterocycles. The largest absolute Gasteiger partial charge is 0.411 e. The lowest BCUT2D eigenvalue weighted by atomic mass is 10.2. The molecule has 21 heavy (non-hydrogen) atoms. The third kappa shape index (κ3) is 3.99. The highest BCUT2D eigenvalue weighted by Crippen LogP contribution is 2.26. The molecule has 1 aromatic heterocycles. The molecule has 0 N–H and O–H groups in total. The average molecular weight is 429 g/mol. The van der Waals surface area contributed by atoms with Gasteiger partial charge in [0.25, 0.3) is 5.22 Å². The zero-order chi connectivity index (χ0) is 14.7. The Morgan fingerprint density at radius 1 is 1.10 bits per heavy atom. The molecule has 3 rings (SSSR count). The molecule has 0 amide bonds. The van der Waals surface area contributed by atoms with Crippen LogP contribution in [0.5, 0.6) is 0 Å². The molecule has 0 atom stereocenters. The Hall–Kier alpha value is -1.05. The molecule has 0 saturated carbocycles. The van der Waals surface area contributed by atoms with Crippen molar-refractivity contribution in [2.75, 3.05) is 0 Å². The van der Waals surface area contributed by atoms with Crippen molar-refractivity contribution >= 4 is 46.0 Å². The van der Waals surface area contributed by atoms with Gasteiger partial charge >= 0.3 is 0 Å². The predicted molar refractivity (Wildman–Crippen MR) is 93.5 cm³/mol. The van der Waals surface area contributed by atoms with E-state index in [2.05, 4.69) is 32.8 Å². The second-order valence-electron chi connectivity index (χ2n) is 4.30. The van der Waals surface area contributed by atoms with Crippen LogP contribution in [0, 0.1) is 3.57 Å². The van der Waals surface area contributed by atoms with Gasteiger partial charge in [0.2, 0.25) is 5.89 Å². The van der Waals surface area contributed by atoms with E-state index in [0.717, 1.165) is 21.9 Å². The number of rotatable bonds is 4. The van der Waals surface area contributed by atoms with Gasteiger partial charge in [-0.25, -0.2) is 0 Å². The zero-order valence-electron chi connectivity index (χ0n) is 10.8. The fourth-order valence-electron chi connectivity index (χ4n) is 1.75. The molecular formula is C15H10ClIN2OS. The fourth-order valence-corrected chi connectivity index (χ4v) is 3.03. The molecule has 0 fully saturated rings. The van der Waals surface area contributed by atoms with E-state index in [1.807, 2.05) is 48.5 Å². The first-order chi connectivity index (χ1) is 10.2. The van der Waals surface area contributed by atoms with Gasteiger partial charge in [-0.05, 0) is 64.6 Å². The van der Waals surface area contributed by atoms with Crippen LogP contribution >= 0.6 is 46.0 Å². The van der Waals surface area contributed by atoms with Gasteiger partial charge in [0.05, 0.1) is 0 Å². The predicted octanol–water partition coefficient (Wildman–Crippen LogP) is 5.29. The van der Waals surface area contributed by atoms with E-state index in [-0.39, 0.29) is 0 Å². The SMILES string of the molecule is Clc1cccc(CSc2nnc(-c3ccc(I)cc3)o2)c1. The molecule has 0 aliphatic rings. The summed E-state index contributed by atoms with van der Waals surface area (Å²) in [6.07, 6.45) is 0. The van der Waals surface area contributed by atoms with Crippen LogP contribution < -0.4 is 0 Å². The van der Waals surface area contributed by atoms with Crippen molar-refractivity contribution in [1.82, 2.24) is 10.2 Å². The van der Waals surface area contributed by atoms with Crippen molar-refractivity contribution in [1.29, 1.82) is 0 Å². The lowest BCUT2D eigenvalue weighted by Gasteiger charge is -1.98. The van der Waals surface area contributed by atoms with Crippen molar-refractivity contribution < 1.29 is 4.42 Å². The van der Waals surface area contributed by atoms with Crippen molar-refractivity contribution in [3.05, 3.63) is 62.7 Å². The van der Waals surface area contributed by atoms with Crippen LogP contribution in [0.4, 0.5) is 0 Å². The Bertz CT molecular complexity index is 745. The molecule has 0 radical (unpaired) electrons. The van der Waals surface area contributed by atoms with E-state index in [4.69, 9.17) is 16.0 Å². The summed E-state index contributed by atoms with van der Waals surface area (Å²) in [7, 11) is 0. The Morgan fingerprint density at radius 2 is 1.90 bits per heavy atom. The van der Waals surface area contributed by atoms with Crippen LogP contribution in [-0.2, 0) is 5.75 Å². The minimum Gasteiger partial charge on any atom is -0.411 e. The quantitative estimate of drug-likeness (QED) is 0.418. The number of nitrogens with zero attached hydrogens (tertiary/aromatic N) is 2. The number of aromatic nitrogens is 2. The summed E-state index contributed by atoms with van der Waals surface area (Å²) in [5.41, 5.74) is 2.05. The average Bonchev–Trinajstić information content (AvgIpc) is 2.95. The van der Waals surface area contributed by atoms with Gasteiger partial charge in [-0.15, -0.1) is 10.2 Å². The third-order valence-electron chi connectivity index (χ3n) is 2.75. The highest BCUT2D eigenvalue weighted by atomic mass is 127. The topological polar surface area (TPSA) is 38.9 Å². The Morgan fingerprint density at radius 3 is 2.67 bits per heavy atom. The van der Waals surface area contributed by atoms with Crippen LogP contribution in [0.1, 0.15) is 5.56 Å². The maximum Gasteiger partial charge on any atom is 0.277 e. The standard InChI is InChI=1S/C15H10ClIN2OS/c16-12-3-1-2-10(8-12)9-21-15-19-18-14(20-15)11-4-6-13(17)7-5-11/h1-8H,9H2. The number of benzene rings is 2. The summed E-state index contributed by atoms with van der Waals surface area (Å²) in [4.78, 5) is 0. The monoisotopic (exact) mass is 428 g/mol. The molecule has 0 aliphatic heterocycles. The van der Waals surface area contributed by atoms with Crippen molar-refractivity contribution in [2.24, 2.45) is 0 Å². The minimum atomic E-state index is 0.542. The van der Waals surface area contributed by atoms with Crippen molar-refractivity contribution in [2.45, 2.75) is 11.0 Å². The first-order valence-electron chi connectivity index (χ1n) is 6.17. The van der Waals surface area contributed by atoms with Gasteiger partial charge in [0.15, 0.2) is 0 Å². The van der Waals surface area contributed by atoms with E-state index < -0.39 is 0 Å². The number of halogens is 2. The summed E-state index contributed by atoms with van der Waals surface area (Å²) in [6.45, 7) is 0. The molecule has 6 heteroatoms. The lowest BCUT2D eigenvalue weighted by molar-refractivity contribution is 0.466. The summed E-state index contributed by atoms with van der Waals surface area (Å²) in [5.74, 6) is 1.29. The van der Waals surface area contributed by atoms with Crippen LogP contribution in [0.25, 0.3) is 11.5 Å². The number of hydrogen-bond donors (Lipinski definition) is 0. The smallest absolute Gasteiger partial charge is 0.277 e. The van der Waals surface area contributed by atoms with Crippen LogP contribution in [0.2, 0.25) is 5.02 Å². The van der Waals surface area contributed by atoms with Gasteiger partial charge in [0, 0.05) is 19.9 Å². The Balaban J connectivity index is 1.69. The van der Waals surface area contributed by atoms with Crippen molar-refractivity contribution in [3.8, 4) is 11.5 Å². The van der Waals surface area contributed by atoms with Crippen LogP contribution in [0.15, 0.2) is 58.2 Å². The molecule has 0 spiro atoms. The second-order valence-corrected chi connectivity index (χ2v) is 6.91. The highest BCUT2D eigenvalue weighted by molar-refractivity contribution is 14.1. The Labute approximate surface area is 145 Å². The molecule has 0 unspecified atom stereocenters. The van der Waals surface area contributed by atoms with Gasteiger partial charge in [0.1, 0.15) is 0 Å². The van der Waals surface area contributed by atoms with E-state index >= 15 is 0 Å². The maximum absolute atomic E-state index is 5.96. The van der Waals surface area contributed by atoms with Crippen LogP contribution in [-0.4, -0.2) is 10.2 Å². The van der Waals surface area contributed by atoms with E-state index in [0.29, 0.717) is 11.1 Å². The maximum atomic E-state index is 5.96. The zero-order valence-corrected chi connectivity index (χ0v) is 14.5. The fraction of sp³-hybridized carbons (Fsp3) is 0.0667. The summed E-state index contributed by atoms with van der Waals surface area (Å²) < 4.78 is 6.84. The van der Waals surface area contributed by atoms with E-state index in [1.54, 1.807) is 0 Å². The first-order valence-corrected chi connectivity index (χ1v) is 8.61. The van der Waals surface area contributed by atoms with Gasteiger partial charge in [-0.1, -0.05) is 35.5 Å². The first kappa shape index (κ1) is 14.9. The molecule has 2 aromatic carbocycles. The van der Waals surface area contributed by atoms with Gasteiger partial charge in [-0.2, -0.15) is 0 Å². The van der Waals surface area contributed by atoms with E-state index in [1.165, 1.54) is 15.3 Å². The number of hydrogen-bond acceptors (Lipinski definition) is 4. The number of thioether (sulfide) groups is 1. The molecule has 1 heterocycles. The van der Waals surface area contributed by atoms with Gasteiger partial charge < -0.3 is 4.42 Å². The lowest BCUT2D eigenvalue weighted by Crippen LogP contribution is -1.80. The summed E-state index contributed by atoms with van der Waals surface area (Å²) >= 11 is 9.72. The van der Waals surface area contributed by atoms with Gasteiger partial charge in [-0.3, -0.25) is 0 Å². The molecule has 0 aliphatic carbocycles. The van der Waals surface area contributed by atoms with E-state index in [9.17, 15) is 0 Å². The molecule has 3 nitrogen and oxygen atoms in total. The third-order valence-corrected chi connectivity index (χ3v) is 4.59. The summed E-state index contributed by atoms with van der Waals surface area (Å²) in [5, 5.41) is 9.44. The summed E-state index contributed by atoms with van der Waals surface area (Å²) in [6, 6.07) is 15.7. The molecular weight excluding hydrogens is 419 g/mol. The van der Waals surface area contributed by atoms with Crippen LogP contribution in [0.3, 0.4) is 0 Å². The second kappa shape index (κ2) is 6.81. The molecule has 0 bridgehead atoms. The molecule has 3 aromatic rings.